The average molecular weight is 260 g/mol. The zero-order valence-corrected chi connectivity index (χ0v) is 10.5. The number of nitrogen functional groups attached to an aromatic ring is 1. The topological polar surface area (TPSA) is 92.5 Å². The van der Waals surface area contributed by atoms with E-state index in [4.69, 9.17) is 5.73 Å². The number of H-pyrrole nitrogens is 1. The lowest BCUT2D eigenvalue weighted by Gasteiger charge is -2.13. The van der Waals surface area contributed by atoms with Crippen LogP contribution in [0.3, 0.4) is 0 Å². The van der Waals surface area contributed by atoms with Crippen LogP contribution >= 0.6 is 11.3 Å². The van der Waals surface area contributed by atoms with Crippen LogP contribution in [0.15, 0.2) is 23.7 Å². The van der Waals surface area contributed by atoms with E-state index in [9.17, 15) is 0 Å². The molecule has 4 N–H and O–H groups in total. The van der Waals surface area contributed by atoms with Crippen LogP contribution in [0.1, 0.15) is 17.8 Å². The number of hydrogen-bond acceptors (Lipinski definition) is 6. The number of rotatable bonds is 3. The molecule has 3 aromatic rings. The quantitative estimate of drug-likeness (QED) is 0.671. The van der Waals surface area contributed by atoms with Crippen molar-refractivity contribution in [3.05, 3.63) is 28.6 Å². The zero-order chi connectivity index (χ0) is 12.5. The first-order valence-electron chi connectivity index (χ1n) is 5.50. The first kappa shape index (κ1) is 11.0. The van der Waals surface area contributed by atoms with Crippen LogP contribution in [0, 0.1) is 0 Å². The highest BCUT2D eigenvalue weighted by atomic mass is 32.1. The molecule has 1 unspecified atom stereocenters. The maximum absolute atomic E-state index is 5.67. The molecule has 0 spiro atoms. The highest BCUT2D eigenvalue weighted by Crippen LogP contribution is 2.26. The molecule has 6 nitrogen and oxygen atoms in total. The van der Waals surface area contributed by atoms with Gasteiger partial charge in [0.1, 0.15) is 5.82 Å². The van der Waals surface area contributed by atoms with Crippen molar-refractivity contribution in [2.24, 2.45) is 0 Å². The largest absolute Gasteiger partial charge is 0.368 e. The molecule has 0 aliphatic rings. The molecule has 7 heteroatoms. The van der Waals surface area contributed by atoms with Crippen LogP contribution in [0.4, 0.5) is 11.8 Å². The molecule has 0 saturated carbocycles. The van der Waals surface area contributed by atoms with Gasteiger partial charge >= 0.3 is 0 Å². The summed E-state index contributed by atoms with van der Waals surface area (Å²) in [5, 5.41) is 13.0. The van der Waals surface area contributed by atoms with Crippen LogP contribution in [0.25, 0.3) is 11.0 Å². The van der Waals surface area contributed by atoms with Gasteiger partial charge < -0.3 is 11.1 Å². The summed E-state index contributed by atoms with van der Waals surface area (Å²) in [7, 11) is 0. The summed E-state index contributed by atoms with van der Waals surface area (Å²) in [6.07, 6.45) is 1.69. The second-order valence-corrected chi connectivity index (χ2v) is 4.92. The van der Waals surface area contributed by atoms with E-state index in [0.29, 0.717) is 11.5 Å². The van der Waals surface area contributed by atoms with E-state index in [1.165, 1.54) is 4.88 Å². The Morgan fingerprint density at radius 1 is 1.44 bits per heavy atom. The number of anilines is 2. The van der Waals surface area contributed by atoms with Gasteiger partial charge in [0.05, 0.1) is 17.6 Å². The fraction of sp³-hybridized carbons (Fsp3) is 0.182. The molecular weight excluding hydrogens is 248 g/mol. The number of aromatic amines is 1. The molecule has 3 heterocycles. The minimum Gasteiger partial charge on any atom is -0.368 e. The van der Waals surface area contributed by atoms with Gasteiger partial charge in [-0.2, -0.15) is 15.1 Å². The number of nitrogens with one attached hydrogen (secondary N) is 2. The van der Waals surface area contributed by atoms with Gasteiger partial charge in [0.2, 0.25) is 5.95 Å². The van der Waals surface area contributed by atoms with Crippen LogP contribution in [-0.4, -0.2) is 20.2 Å². The predicted octanol–water partition coefficient (Wildman–Crippen LogP) is 2.17. The van der Waals surface area contributed by atoms with Gasteiger partial charge in [-0.1, -0.05) is 6.07 Å². The molecule has 0 aromatic carbocycles. The summed E-state index contributed by atoms with van der Waals surface area (Å²) in [5.74, 6) is 0.930. The fourth-order valence-corrected chi connectivity index (χ4v) is 2.51. The van der Waals surface area contributed by atoms with E-state index in [2.05, 4.69) is 43.9 Å². The normalized spacial score (nSPS) is 12.7. The molecule has 0 radical (unpaired) electrons. The highest BCUT2D eigenvalue weighted by Gasteiger charge is 2.12. The third-order valence-electron chi connectivity index (χ3n) is 2.65. The van der Waals surface area contributed by atoms with Crippen molar-refractivity contribution in [2.75, 3.05) is 11.1 Å². The van der Waals surface area contributed by atoms with E-state index in [1.54, 1.807) is 17.5 Å². The molecule has 3 aromatic heterocycles. The van der Waals surface area contributed by atoms with E-state index < -0.39 is 0 Å². The van der Waals surface area contributed by atoms with Crippen molar-refractivity contribution in [3.63, 3.8) is 0 Å². The van der Waals surface area contributed by atoms with Crippen LogP contribution in [0.5, 0.6) is 0 Å². The lowest BCUT2D eigenvalue weighted by atomic mass is 10.2. The third kappa shape index (κ3) is 1.88. The molecule has 0 amide bonds. The van der Waals surface area contributed by atoms with Gasteiger partial charge in [-0.15, -0.1) is 11.3 Å². The molecule has 0 aliphatic heterocycles. The monoisotopic (exact) mass is 260 g/mol. The number of aromatic nitrogens is 4. The van der Waals surface area contributed by atoms with Crippen LogP contribution in [-0.2, 0) is 0 Å². The minimum atomic E-state index is 0.164. The fourth-order valence-electron chi connectivity index (χ4n) is 1.78. The molecule has 0 fully saturated rings. The smallest absolute Gasteiger partial charge is 0.224 e. The summed E-state index contributed by atoms with van der Waals surface area (Å²) in [4.78, 5) is 9.54. The Kier molecular flexibility index (Phi) is 2.60. The highest BCUT2D eigenvalue weighted by molar-refractivity contribution is 7.10. The van der Waals surface area contributed by atoms with Crippen molar-refractivity contribution in [3.8, 4) is 0 Å². The van der Waals surface area contributed by atoms with Gasteiger partial charge in [-0.05, 0) is 18.4 Å². The first-order chi connectivity index (χ1) is 8.74. The number of nitrogens with two attached hydrogens (primary N) is 1. The minimum absolute atomic E-state index is 0.164. The van der Waals surface area contributed by atoms with Crippen LogP contribution in [0.2, 0.25) is 0 Å². The molecule has 1 atom stereocenters. The Balaban J connectivity index is 1.97. The Labute approximate surface area is 107 Å². The molecule has 3 rings (SSSR count). The summed E-state index contributed by atoms with van der Waals surface area (Å²) >= 11 is 1.70. The van der Waals surface area contributed by atoms with Gasteiger partial charge in [-0.3, -0.25) is 5.10 Å². The van der Waals surface area contributed by atoms with Crippen molar-refractivity contribution in [2.45, 2.75) is 13.0 Å². The first-order valence-corrected chi connectivity index (χ1v) is 6.38. The summed E-state index contributed by atoms with van der Waals surface area (Å²) < 4.78 is 0. The third-order valence-corrected chi connectivity index (χ3v) is 3.71. The maximum atomic E-state index is 5.67. The lowest BCUT2D eigenvalue weighted by molar-refractivity contribution is 0.899. The number of nitrogens with zero attached hydrogens (tertiary/aromatic N) is 3. The predicted molar refractivity (Wildman–Crippen MR) is 72.5 cm³/mol. The Morgan fingerprint density at radius 2 is 2.33 bits per heavy atom. The lowest BCUT2D eigenvalue weighted by Crippen LogP contribution is -2.08. The second-order valence-electron chi connectivity index (χ2n) is 3.94. The van der Waals surface area contributed by atoms with Gasteiger partial charge in [0, 0.05) is 4.88 Å². The molecular formula is C11H12N6S. The van der Waals surface area contributed by atoms with Gasteiger partial charge in [-0.25, -0.2) is 0 Å². The molecule has 0 aliphatic carbocycles. The summed E-state index contributed by atoms with van der Waals surface area (Å²) in [6, 6.07) is 4.27. The van der Waals surface area contributed by atoms with Gasteiger partial charge in [0.15, 0.2) is 5.65 Å². The van der Waals surface area contributed by atoms with Gasteiger partial charge in [0.25, 0.3) is 0 Å². The summed E-state index contributed by atoms with van der Waals surface area (Å²) in [5.41, 5.74) is 6.31. The van der Waals surface area contributed by atoms with Crippen molar-refractivity contribution >= 4 is 34.1 Å². The Hall–Kier alpha value is -2.15. The number of thiophene rings is 1. The van der Waals surface area contributed by atoms with Crippen molar-refractivity contribution in [1.29, 1.82) is 0 Å². The molecule has 18 heavy (non-hydrogen) atoms. The Bertz CT molecular complexity index is 659. The summed E-state index contributed by atoms with van der Waals surface area (Å²) in [6.45, 7) is 2.08. The maximum Gasteiger partial charge on any atom is 0.224 e. The molecule has 0 bridgehead atoms. The molecule has 0 saturated heterocycles. The van der Waals surface area contributed by atoms with E-state index >= 15 is 0 Å². The number of fused-ring (bicyclic) bond motifs is 1. The van der Waals surface area contributed by atoms with Crippen molar-refractivity contribution in [1.82, 2.24) is 20.2 Å². The SMILES string of the molecule is CC(Nc1nc(N)nc2[nH]ncc12)c1cccs1. The van der Waals surface area contributed by atoms with E-state index in [-0.39, 0.29) is 12.0 Å². The van der Waals surface area contributed by atoms with E-state index in [0.717, 1.165) is 5.39 Å². The zero-order valence-electron chi connectivity index (χ0n) is 9.71. The van der Waals surface area contributed by atoms with Crippen molar-refractivity contribution < 1.29 is 0 Å². The average Bonchev–Trinajstić information content (AvgIpc) is 2.98. The molecule has 92 valence electrons. The Morgan fingerprint density at radius 3 is 3.11 bits per heavy atom. The standard InChI is InChI=1S/C11H12N6S/c1-6(8-3-2-4-18-8)14-9-7-5-13-17-10(7)16-11(12)15-9/h2-6H,1H3,(H4,12,13,14,15,16,17). The number of hydrogen-bond donors (Lipinski definition) is 3. The second kappa shape index (κ2) is 4.26. The van der Waals surface area contributed by atoms with E-state index in [1.807, 2.05) is 6.07 Å². The van der Waals surface area contributed by atoms with Crippen LogP contribution < -0.4 is 11.1 Å².